The van der Waals surface area contributed by atoms with Gasteiger partial charge in [0.15, 0.2) is 0 Å². The predicted octanol–water partition coefficient (Wildman–Crippen LogP) is 2.45. The van der Waals surface area contributed by atoms with Crippen LogP contribution in [0.3, 0.4) is 0 Å². The smallest absolute Gasteiger partial charge is 0.00893 e. The van der Waals surface area contributed by atoms with Crippen LogP contribution < -0.4 is 0 Å². The fraction of sp³-hybridized carbons (Fsp3) is 1.00. The van der Waals surface area contributed by atoms with Crippen LogP contribution in [-0.4, -0.2) is 50.1 Å². The topological polar surface area (TPSA) is 6.48 Å². The van der Waals surface area contributed by atoms with Gasteiger partial charge in [0, 0.05) is 6.04 Å². The van der Waals surface area contributed by atoms with E-state index in [0.717, 1.165) is 17.9 Å². The molecule has 0 bridgehead atoms. The van der Waals surface area contributed by atoms with Crippen molar-refractivity contribution in [1.29, 1.82) is 0 Å². The fourth-order valence-corrected chi connectivity index (χ4v) is 3.59. The summed E-state index contributed by atoms with van der Waals surface area (Å²) in [6.07, 6.45) is 8.74. The third-order valence-corrected chi connectivity index (χ3v) is 4.90. The van der Waals surface area contributed by atoms with E-state index < -0.39 is 0 Å². The average Bonchev–Trinajstić information content (AvgIpc) is 2.30. The van der Waals surface area contributed by atoms with Crippen molar-refractivity contribution >= 4 is 0 Å². The number of hydrogen-bond acceptors (Lipinski definition) is 2. The molecule has 94 valence electrons. The number of piperidine rings is 1. The van der Waals surface area contributed by atoms with Gasteiger partial charge in [0.05, 0.1) is 0 Å². The zero-order chi connectivity index (χ0) is 11.5. The highest BCUT2D eigenvalue weighted by Crippen LogP contribution is 2.36. The zero-order valence-corrected chi connectivity index (χ0v) is 11.3. The summed E-state index contributed by atoms with van der Waals surface area (Å²) < 4.78 is 0. The van der Waals surface area contributed by atoms with Gasteiger partial charge in [-0.2, -0.15) is 0 Å². The first-order chi connectivity index (χ1) is 7.66. The monoisotopic (exact) mass is 224 g/mol. The van der Waals surface area contributed by atoms with E-state index in [1.165, 1.54) is 51.6 Å². The van der Waals surface area contributed by atoms with Gasteiger partial charge in [0.2, 0.25) is 0 Å². The molecule has 1 heterocycles. The second-order valence-electron chi connectivity index (χ2n) is 6.17. The van der Waals surface area contributed by atoms with E-state index in [9.17, 15) is 0 Å². The summed E-state index contributed by atoms with van der Waals surface area (Å²) in [6.45, 7) is 2.66. The van der Waals surface area contributed by atoms with Crippen molar-refractivity contribution in [2.75, 3.05) is 34.2 Å². The molecule has 1 saturated carbocycles. The van der Waals surface area contributed by atoms with Crippen LogP contribution >= 0.6 is 0 Å². The van der Waals surface area contributed by atoms with E-state index in [-0.39, 0.29) is 0 Å². The second kappa shape index (κ2) is 5.50. The van der Waals surface area contributed by atoms with Gasteiger partial charge < -0.3 is 9.80 Å². The number of hydrogen-bond donors (Lipinski definition) is 0. The number of rotatable bonds is 2. The predicted molar refractivity (Wildman–Crippen MR) is 69.7 cm³/mol. The average molecular weight is 224 g/mol. The van der Waals surface area contributed by atoms with Crippen molar-refractivity contribution in [2.24, 2.45) is 11.8 Å². The summed E-state index contributed by atoms with van der Waals surface area (Å²) in [7, 11) is 6.74. The lowest BCUT2D eigenvalue weighted by molar-refractivity contribution is 0.114. The molecule has 2 heteroatoms. The Morgan fingerprint density at radius 2 is 1.31 bits per heavy atom. The van der Waals surface area contributed by atoms with Crippen LogP contribution in [0.2, 0.25) is 0 Å². The van der Waals surface area contributed by atoms with Gasteiger partial charge in [0.25, 0.3) is 0 Å². The normalized spacial score (nSPS) is 34.5. The van der Waals surface area contributed by atoms with E-state index in [2.05, 4.69) is 30.9 Å². The van der Waals surface area contributed by atoms with Gasteiger partial charge in [-0.1, -0.05) is 0 Å². The first kappa shape index (κ1) is 12.4. The van der Waals surface area contributed by atoms with E-state index in [4.69, 9.17) is 0 Å². The third-order valence-electron chi connectivity index (χ3n) is 4.90. The molecule has 0 unspecified atom stereocenters. The van der Waals surface area contributed by atoms with Gasteiger partial charge in [-0.25, -0.2) is 0 Å². The van der Waals surface area contributed by atoms with Gasteiger partial charge in [-0.05, 0) is 84.6 Å². The van der Waals surface area contributed by atoms with Crippen molar-refractivity contribution in [1.82, 2.24) is 9.80 Å². The minimum Gasteiger partial charge on any atom is -0.306 e. The molecule has 0 aromatic rings. The highest BCUT2D eigenvalue weighted by atomic mass is 15.1. The van der Waals surface area contributed by atoms with Crippen LogP contribution in [0.4, 0.5) is 0 Å². The Kier molecular flexibility index (Phi) is 4.26. The molecule has 0 radical (unpaired) electrons. The third kappa shape index (κ3) is 2.98. The molecule has 0 N–H and O–H groups in total. The Balaban J connectivity index is 1.76. The quantitative estimate of drug-likeness (QED) is 0.711. The van der Waals surface area contributed by atoms with E-state index in [0.29, 0.717) is 0 Å². The highest BCUT2D eigenvalue weighted by molar-refractivity contribution is 4.83. The van der Waals surface area contributed by atoms with Crippen LogP contribution in [-0.2, 0) is 0 Å². The zero-order valence-electron chi connectivity index (χ0n) is 11.3. The maximum Gasteiger partial charge on any atom is 0.00893 e. The lowest BCUT2D eigenvalue weighted by Crippen LogP contribution is -2.37. The lowest BCUT2D eigenvalue weighted by atomic mass is 9.74. The highest BCUT2D eigenvalue weighted by Gasteiger charge is 2.29. The molecule has 2 rings (SSSR count). The Labute approximate surface area is 101 Å². The van der Waals surface area contributed by atoms with E-state index >= 15 is 0 Å². The van der Waals surface area contributed by atoms with Crippen LogP contribution in [0.15, 0.2) is 0 Å². The molecule has 0 aromatic heterocycles. The Hall–Kier alpha value is -0.0800. The van der Waals surface area contributed by atoms with E-state index in [1.54, 1.807) is 0 Å². The SMILES string of the molecule is CN1CCC(C2CCC(N(C)C)CC2)CC1. The first-order valence-electron chi connectivity index (χ1n) is 7.02. The molecule has 2 nitrogen and oxygen atoms in total. The van der Waals surface area contributed by atoms with Gasteiger partial charge >= 0.3 is 0 Å². The summed E-state index contributed by atoms with van der Waals surface area (Å²) in [6, 6.07) is 0.863. The molecule has 0 atom stereocenters. The molecule has 16 heavy (non-hydrogen) atoms. The van der Waals surface area contributed by atoms with Crippen molar-refractivity contribution in [3.05, 3.63) is 0 Å². The van der Waals surface area contributed by atoms with Gasteiger partial charge in [0.1, 0.15) is 0 Å². The van der Waals surface area contributed by atoms with Crippen LogP contribution in [0.5, 0.6) is 0 Å². The maximum absolute atomic E-state index is 2.49. The minimum absolute atomic E-state index is 0.863. The molecule has 2 fully saturated rings. The Morgan fingerprint density at radius 3 is 1.81 bits per heavy atom. The van der Waals surface area contributed by atoms with Crippen molar-refractivity contribution in [2.45, 2.75) is 44.6 Å². The van der Waals surface area contributed by atoms with E-state index in [1.807, 2.05) is 0 Å². The number of nitrogens with zero attached hydrogens (tertiary/aromatic N) is 2. The lowest BCUT2D eigenvalue weighted by Gasteiger charge is -2.39. The van der Waals surface area contributed by atoms with Gasteiger partial charge in [-0.15, -0.1) is 0 Å². The molecule has 0 amide bonds. The molecule has 2 aliphatic rings. The Bertz CT molecular complexity index is 199. The van der Waals surface area contributed by atoms with Crippen LogP contribution in [0, 0.1) is 11.8 Å². The molecule has 0 aromatic carbocycles. The minimum atomic E-state index is 0.863. The molecule has 1 aliphatic heterocycles. The molecule has 1 aliphatic carbocycles. The van der Waals surface area contributed by atoms with Gasteiger partial charge in [-0.3, -0.25) is 0 Å². The summed E-state index contributed by atoms with van der Waals surface area (Å²) in [4.78, 5) is 4.91. The summed E-state index contributed by atoms with van der Waals surface area (Å²) in [5.41, 5.74) is 0. The maximum atomic E-state index is 2.49. The second-order valence-corrected chi connectivity index (χ2v) is 6.17. The van der Waals surface area contributed by atoms with Crippen molar-refractivity contribution in [3.63, 3.8) is 0 Å². The molecular formula is C14H28N2. The Morgan fingerprint density at radius 1 is 0.812 bits per heavy atom. The molecule has 1 saturated heterocycles. The molecular weight excluding hydrogens is 196 g/mol. The molecule has 0 spiro atoms. The van der Waals surface area contributed by atoms with Crippen LogP contribution in [0.1, 0.15) is 38.5 Å². The fourth-order valence-electron chi connectivity index (χ4n) is 3.59. The largest absolute Gasteiger partial charge is 0.306 e. The summed E-state index contributed by atoms with van der Waals surface area (Å²) in [5.74, 6) is 2.09. The van der Waals surface area contributed by atoms with Crippen molar-refractivity contribution < 1.29 is 0 Å². The summed E-state index contributed by atoms with van der Waals surface area (Å²) >= 11 is 0. The standard InChI is InChI=1S/C14H28N2/c1-15(2)14-6-4-12(5-7-14)13-8-10-16(3)11-9-13/h12-14H,4-11H2,1-3H3. The number of likely N-dealkylation sites (tertiary alicyclic amines) is 1. The first-order valence-corrected chi connectivity index (χ1v) is 7.02. The van der Waals surface area contributed by atoms with Crippen LogP contribution in [0.25, 0.3) is 0 Å². The summed E-state index contributed by atoms with van der Waals surface area (Å²) in [5, 5.41) is 0. The van der Waals surface area contributed by atoms with Crippen molar-refractivity contribution in [3.8, 4) is 0 Å².